The number of alkyl halides is 2. The second kappa shape index (κ2) is 7.62. The van der Waals surface area contributed by atoms with Crippen molar-refractivity contribution in [2.45, 2.75) is 32.2 Å². The smallest absolute Gasteiger partial charge is 0.264 e. The van der Waals surface area contributed by atoms with Crippen molar-refractivity contribution >= 4 is 33.3 Å². The summed E-state index contributed by atoms with van der Waals surface area (Å²) in [5.74, 6) is -2.10. The van der Waals surface area contributed by atoms with Crippen LogP contribution >= 0.6 is 11.3 Å². The number of hydrogen-bond donors (Lipinski definition) is 1. The number of pyridine rings is 1. The van der Waals surface area contributed by atoms with Gasteiger partial charge in [-0.15, -0.1) is 11.3 Å². The quantitative estimate of drug-likeness (QED) is 0.653. The monoisotopic (exact) mass is 417 g/mol. The number of aryl methyl sites for hydroxylation is 1. The van der Waals surface area contributed by atoms with Crippen LogP contribution in [0.2, 0.25) is 0 Å². The standard InChI is InChI=1S/C20H21F2N5OS/c1-12-15-17(24-9-14-7-20(21,22)8-14)25-11-26-18(15)29-16(12)19(28)27(2)10-13-3-5-23-6-4-13/h3-6,11,14H,7-10H2,1-2H3,(H,24,25,26). The van der Waals surface area contributed by atoms with E-state index in [0.717, 1.165) is 16.5 Å². The molecule has 0 aromatic carbocycles. The summed E-state index contributed by atoms with van der Waals surface area (Å²) in [6.45, 7) is 2.78. The molecule has 29 heavy (non-hydrogen) atoms. The molecule has 0 bridgehead atoms. The molecule has 6 nitrogen and oxygen atoms in total. The van der Waals surface area contributed by atoms with Gasteiger partial charge in [0.2, 0.25) is 5.92 Å². The highest BCUT2D eigenvalue weighted by atomic mass is 32.1. The number of carbonyl (C=O) groups excluding carboxylic acids is 1. The van der Waals surface area contributed by atoms with Crippen LogP contribution in [-0.2, 0) is 6.54 Å². The highest BCUT2D eigenvalue weighted by molar-refractivity contribution is 7.20. The van der Waals surface area contributed by atoms with Crippen molar-refractivity contribution in [1.82, 2.24) is 19.9 Å². The molecular weight excluding hydrogens is 396 g/mol. The van der Waals surface area contributed by atoms with E-state index in [9.17, 15) is 13.6 Å². The van der Waals surface area contributed by atoms with Gasteiger partial charge in [0.05, 0.1) is 10.3 Å². The van der Waals surface area contributed by atoms with Gasteiger partial charge in [0.25, 0.3) is 5.91 Å². The zero-order valence-electron chi connectivity index (χ0n) is 16.2. The van der Waals surface area contributed by atoms with Crippen molar-refractivity contribution < 1.29 is 13.6 Å². The Bertz CT molecular complexity index is 1030. The molecule has 4 rings (SSSR count). The van der Waals surface area contributed by atoms with Crippen molar-refractivity contribution in [1.29, 1.82) is 0 Å². The second-order valence-electron chi connectivity index (χ2n) is 7.49. The van der Waals surface area contributed by atoms with Crippen LogP contribution in [-0.4, -0.2) is 45.3 Å². The maximum atomic E-state index is 13.1. The average molecular weight is 417 g/mol. The Balaban J connectivity index is 1.53. The molecule has 9 heteroatoms. The number of carbonyl (C=O) groups is 1. The summed E-state index contributed by atoms with van der Waals surface area (Å²) in [5, 5.41) is 3.96. The lowest BCUT2D eigenvalue weighted by atomic mass is 9.81. The Kier molecular flexibility index (Phi) is 5.16. The first-order chi connectivity index (χ1) is 13.8. The number of anilines is 1. The van der Waals surface area contributed by atoms with Crippen LogP contribution in [0.1, 0.15) is 33.6 Å². The molecule has 3 heterocycles. The van der Waals surface area contributed by atoms with E-state index in [2.05, 4.69) is 20.3 Å². The molecule has 0 spiro atoms. The van der Waals surface area contributed by atoms with Crippen molar-refractivity contribution in [3.8, 4) is 0 Å². The van der Waals surface area contributed by atoms with E-state index in [-0.39, 0.29) is 24.7 Å². The van der Waals surface area contributed by atoms with Gasteiger partial charge in [-0.2, -0.15) is 0 Å². The Morgan fingerprint density at radius 1 is 1.31 bits per heavy atom. The van der Waals surface area contributed by atoms with E-state index in [4.69, 9.17) is 0 Å². The summed E-state index contributed by atoms with van der Waals surface area (Å²) in [6, 6.07) is 3.75. The zero-order valence-corrected chi connectivity index (χ0v) is 17.0. The molecule has 0 unspecified atom stereocenters. The Morgan fingerprint density at radius 2 is 2.03 bits per heavy atom. The SMILES string of the molecule is Cc1c(C(=O)N(C)Cc2ccncc2)sc2ncnc(NCC3CC(F)(F)C3)c12. The highest BCUT2D eigenvalue weighted by Crippen LogP contribution is 2.42. The summed E-state index contributed by atoms with van der Waals surface area (Å²) in [5.41, 5.74) is 1.80. The van der Waals surface area contributed by atoms with Crippen LogP contribution in [0.3, 0.4) is 0 Å². The molecule has 1 N–H and O–H groups in total. The van der Waals surface area contributed by atoms with Crippen molar-refractivity contribution in [2.24, 2.45) is 5.92 Å². The van der Waals surface area contributed by atoms with Crippen LogP contribution in [0.15, 0.2) is 30.9 Å². The van der Waals surface area contributed by atoms with Gasteiger partial charge in [0.1, 0.15) is 17.0 Å². The lowest BCUT2D eigenvalue weighted by molar-refractivity contribution is -0.106. The van der Waals surface area contributed by atoms with Crippen molar-refractivity contribution in [3.63, 3.8) is 0 Å². The van der Waals surface area contributed by atoms with E-state index in [1.165, 1.54) is 17.7 Å². The van der Waals surface area contributed by atoms with Crippen LogP contribution in [0, 0.1) is 12.8 Å². The number of rotatable bonds is 6. The van der Waals surface area contributed by atoms with E-state index in [1.807, 2.05) is 19.1 Å². The third-order valence-corrected chi connectivity index (χ3v) is 6.36. The number of hydrogen-bond acceptors (Lipinski definition) is 6. The summed E-state index contributed by atoms with van der Waals surface area (Å²) in [4.78, 5) is 28.6. The lowest BCUT2D eigenvalue weighted by Crippen LogP contribution is -2.39. The van der Waals surface area contributed by atoms with E-state index in [1.54, 1.807) is 24.3 Å². The minimum Gasteiger partial charge on any atom is -0.369 e. The first-order valence-corrected chi connectivity index (χ1v) is 10.2. The van der Waals surface area contributed by atoms with Crippen molar-refractivity contribution in [3.05, 3.63) is 46.9 Å². The number of nitrogens with one attached hydrogen (secondary N) is 1. The molecule has 1 saturated carbocycles. The maximum absolute atomic E-state index is 13.1. The van der Waals surface area contributed by atoms with Gasteiger partial charge in [-0.1, -0.05) is 0 Å². The van der Waals surface area contributed by atoms with Gasteiger partial charge in [-0.3, -0.25) is 9.78 Å². The Morgan fingerprint density at radius 3 is 2.72 bits per heavy atom. The number of nitrogens with zero attached hydrogens (tertiary/aromatic N) is 4. The molecule has 1 aliphatic rings. The van der Waals surface area contributed by atoms with Gasteiger partial charge in [-0.05, 0) is 36.1 Å². The van der Waals surface area contributed by atoms with Crippen molar-refractivity contribution in [2.75, 3.05) is 18.9 Å². The molecule has 152 valence electrons. The first kappa shape index (κ1) is 19.6. The number of halogens is 2. The number of amides is 1. The molecule has 0 aliphatic heterocycles. The average Bonchev–Trinajstić information content (AvgIpc) is 3.02. The minimum absolute atomic E-state index is 0.0680. The normalized spacial score (nSPS) is 15.9. The molecule has 3 aromatic rings. The largest absolute Gasteiger partial charge is 0.369 e. The van der Waals surface area contributed by atoms with Gasteiger partial charge in [0.15, 0.2) is 0 Å². The zero-order chi connectivity index (χ0) is 20.6. The molecule has 0 saturated heterocycles. The van der Waals surface area contributed by atoms with Gasteiger partial charge in [-0.25, -0.2) is 18.7 Å². The Hall–Kier alpha value is -2.68. The van der Waals surface area contributed by atoms with E-state index >= 15 is 0 Å². The van der Waals surface area contributed by atoms with E-state index in [0.29, 0.717) is 28.6 Å². The molecular formula is C20H21F2N5OS. The summed E-state index contributed by atoms with van der Waals surface area (Å²) >= 11 is 1.32. The van der Waals surface area contributed by atoms with Crippen LogP contribution in [0.25, 0.3) is 10.2 Å². The van der Waals surface area contributed by atoms with Crippen LogP contribution in [0.5, 0.6) is 0 Å². The maximum Gasteiger partial charge on any atom is 0.264 e. The summed E-state index contributed by atoms with van der Waals surface area (Å²) in [6.07, 6.45) is 4.64. The topological polar surface area (TPSA) is 71.0 Å². The van der Waals surface area contributed by atoms with Gasteiger partial charge in [0, 0.05) is 45.4 Å². The predicted octanol–water partition coefficient (Wildman–Crippen LogP) is 4.12. The molecule has 1 aliphatic carbocycles. The fourth-order valence-electron chi connectivity index (χ4n) is 3.59. The third-order valence-electron chi connectivity index (χ3n) is 5.17. The lowest BCUT2D eigenvalue weighted by Gasteiger charge is -2.35. The second-order valence-corrected chi connectivity index (χ2v) is 8.49. The minimum atomic E-state index is -2.54. The van der Waals surface area contributed by atoms with Gasteiger partial charge >= 0.3 is 0 Å². The first-order valence-electron chi connectivity index (χ1n) is 9.34. The molecule has 3 aromatic heterocycles. The number of thiophene rings is 1. The fourth-order valence-corrected chi connectivity index (χ4v) is 4.73. The number of aromatic nitrogens is 3. The molecule has 0 radical (unpaired) electrons. The fraction of sp³-hybridized carbons (Fsp3) is 0.400. The van der Waals surface area contributed by atoms with Crippen LogP contribution < -0.4 is 5.32 Å². The van der Waals surface area contributed by atoms with Gasteiger partial charge < -0.3 is 10.2 Å². The van der Waals surface area contributed by atoms with Crippen LogP contribution in [0.4, 0.5) is 14.6 Å². The molecule has 0 atom stereocenters. The van der Waals surface area contributed by atoms with E-state index < -0.39 is 5.92 Å². The molecule has 1 amide bonds. The molecule has 1 fully saturated rings. The summed E-state index contributed by atoms with van der Waals surface area (Å²) < 4.78 is 26.1. The number of fused-ring (bicyclic) bond motifs is 1. The highest BCUT2D eigenvalue weighted by Gasteiger charge is 2.44. The Labute approximate surface area is 171 Å². The summed E-state index contributed by atoms with van der Waals surface area (Å²) in [7, 11) is 1.76. The third kappa shape index (κ3) is 4.05. The predicted molar refractivity (Wildman–Crippen MR) is 108 cm³/mol.